The Morgan fingerprint density at radius 1 is 0.889 bits per heavy atom. The van der Waals surface area contributed by atoms with Crippen molar-refractivity contribution in [3.05, 3.63) is 34.3 Å². The molecule has 2 aromatic carbocycles. The van der Waals surface area contributed by atoms with Crippen molar-refractivity contribution in [3.8, 4) is 0 Å². The van der Waals surface area contributed by atoms with Crippen LogP contribution in [0.5, 0.6) is 0 Å². The van der Waals surface area contributed by atoms with Crippen molar-refractivity contribution in [3.63, 3.8) is 0 Å². The van der Waals surface area contributed by atoms with Gasteiger partial charge in [-0.25, -0.2) is 4.79 Å². The standard InChI is InChI=1S/C13H10Cl2N2O/c1-16-11-8(14)5-3-7-4-6-9(15)12(10(7)11)17(2)13(16)18/h3-6H,1-2H3. The molecule has 0 unspecified atom stereocenters. The van der Waals surface area contributed by atoms with Crippen molar-refractivity contribution in [2.45, 2.75) is 0 Å². The zero-order chi connectivity index (χ0) is 13.0. The van der Waals surface area contributed by atoms with Gasteiger partial charge in [0.15, 0.2) is 0 Å². The summed E-state index contributed by atoms with van der Waals surface area (Å²) in [5.41, 5.74) is 1.43. The van der Waals surface area contributed by atoms with Crippen LogP contribution >= 0.6 is 23.2 Å². The maximum absolute atomic E-state index is 12.2. The second-order valence-electron chi connectivity index (χ2n) is 4.29. The molecule has 0 saturated carbocycles. The first-order valence-corrected chi connectivity index (χ1v) is 6.20. The van der Waals surface area contributed by atoms with Crippen molar-refractivity contribution in [1.29, 1.82) is 0 Å². The van der Waals surface area contributed by atoms with Gasteiger partial charge in [-0.3, -0.25) is 9.80 Å². The van der Waals surface area contributed by atoms with Crippen LogP contribution in [0.15, 0.2) is 24.3 Å². The Balaban J connectivity index is 2.55. The van der Waals surface area contributed by atoms with Gasteiger partial charge < -0.3 is 0 Å². The average molecular weight is 281 g/mol. The molecular weight excluding hydrogens is 271 g/mol. The van der Waals surface area contributed by atoms with E-state index in [1.54, 1.807) is 36.0 Å². The van der Waals surface area contributed by atoms with Crippen LogP contribution < -0.4 is 9.80 Å². The summed E-state index contributed by atoms with van der Waals surface area (Å²) in [6.07, 6.45) is 0. The van der Waals surface area contributed by atoms with E-state index in [0.717, 1.165) is 22.1 Å². The minimum absolute atomic E-state index is 0.148. The molecule has 0 aromatic heterocycles. The molecule has 0 aliphatic carbocycles. The average Bonchev–Trinajstić information content (AvgIpc) is 2.35. The lowest BCUT2D eigenvalue weighted by Gasteiger charge is -2.33. The molecule has 0 fully saturated rings. The van der Waals surface area contributed by atoms with Crippen molar-refractivity contribution >= 4 is 51.4 Å². The van der Waals surface area contributed by atoms with Crippen LogP contribution in [0, 0.1) is 0 Å². The number of anilines is 2. The number of hydrogen-bond donors (Lipinski definition) is 0. The normalized spacial score (nSPS) is 14.6. The fourth-order valence-electron chi connectivity index (χ4n) is 2.40. The lowest BCUT2D eigenvalue weighted by atomic mass is 10.0. The molecular formula is C13H10Cl2N2O. The molecule has 1 heterocycles. The van der Waals surface area contributed by atoms with E-state index >= 15 is 0 Å². The first kappa shape index (κ1) is 11.6. The van der Waals surface area contributed by atoms with E-state index < -0.39 is 0 Å². The number of benzene rings is 2. The Labute approximate surface area is 114 Å². The predicted octanol–water partition coefficient (Wildman–Crippen LogP) is 4.15. The Morgan fingerprint density at radius 3 is 1.78 bits per heavy atom. The number of nitrogens with zero attached hydrogens (tertiary/aromatic N) is 2. The summed E-state index contributed by atoms with van der Waals surface area (Å²) in [4.78, 5) is 15.3. The van der Waals surface area contributed by atoms with Crippen LogP contribution in [0.2, 0.25) is 10.0 Å². The maximum atomic E-state index is 12.2. The Hall–Kier alpha value is -1.45. The van der Waals surface area contributed by atoms with Gasteiger partial charge in [0.05, 0.1) is 21.4 Å². The van der Waals surface area contributed by atoms with E-state index in [2.05, 4.69) is 0 Å². The minimum atomic E-state index is -0.148. The zero-order valence-corrected chi connectivity index (χ0v) is 11.4. The number of halogens is 2. The van der Waals surface area contributed by atoms with Gasteiger partial charge in [-0.15, -0.1) is 0 Å². The summed E-state index contributed by atoms with van der Waals surface area (Å²) in [6.45, 7) is 0. The van der Waals surface area contributed by atoms with Crippen LogP contribution in [0.3, 0.4) is 0 Å². The number of amides is 2. The maximum Gasteiger partial charge on any atom is 0.328 e. The summed E-state index contributed by atoms with van der Waals surface area (Å²) in [7, 11) is 3.42. The van der Waals surface area contributed by atoms with E-state index in [9.17, 15) is 4.79 Å². The molecule has 0 bridgehead atoms. The highest BCUT2D eigenvalue weighted by Crippen LogP contribution is 2.46. The molecule has 18 heavy (non-hydrogen) atoms. The smallest absolute Gasteiger partial charge is 0.295 e. The highest BCUT2D eigenvalue weighted by molar-refractivity contribution is 6.41. The highest BCUT2D eigenvalue weighted by Gasteiger charge is 2.30. The third kappa shape index (κ3) is 1.35. The first-order chi connectivity index (χ1) is 8.52. The molecule has 3 rings (SSSR count). The Kier molecular flexibility index (Phi) is 2.44. The fraction of sp³-hybridized carbons (Fsp3) is 0.154. The van der Waals surface area contributed by atoms with Gasteiger partial charge in [-0.2, -0.15) is 0 Å². The minimum Gasteiger partial charge on any atom is -0.295 e. The van der Waals surface area contributed by atoms with E-state index in [1.165, 1.54) is 0 Å². The van der Waals surface area contributed by atoms with Crippen molar-refractivity contribution in [1.82, 2.24) is 0 Å². The monoisotopic (exact) mass is 280 g/mol. The third-order valence-electron chi connectivity index (χ3n) is 3.28. The third-order valence-corrected chi connectivity index (χ3v) is 3.89. The van der Waals surface area contributed by atoms with Gasteiger partial charge in [0.25, 0.3) is 0 Å². The van der Waals surface area contributed by atoms with Crippen molar-refractivity contribution < 1.29 is 4.79 Å². The summed E-state index contributed by atoms with van der Waals surface area (Å²) < 4.78 is 0. The Bertz CT molecular complexity index is 631. The van der Waals surface area contributed by atoms with E-state index in [4.69, 9.17) is 23.2 Å². The second-order valence-corrected chi connectivity index (χ2v) is 5.11. The summed E-state index contributed by atoms with van der Waals surface area (Å²) in [5, 5.41) is 3.03. The fourth-order valence-corrected chi connectivity index (χ4v) is 2.97. The topological polar surface area (TPSA) is 23.6 Å². The number of rotatable bonds is 0. The van der Waals surface area contributed by atoms with Crippen LogP contribution in [-0.4, -0.2) is 20.1 Å². The lowest BCUT2D eigenvalue weighted by Crippen LogP contribution is -2.42. The van der Waals surface area contributed by atoms with E-state index in [0.29, 0.717) is 10.0 Å². The van der Waals surface area contributed by atoms with Crippen molar-refractivity contribution in [2.24, 2.45) is 0 Å². The highest BCUT2D eigenvalue weighted by atomic mass is 35.5. The lowest BCUT2D eigenvalue weighted by molar-refractivity contribution is 0.253. The number of carbonyl (C=O) groups is 1. The van der Waals surface area contributed by atoms with Crippen molar-refractivity contribution in [2.75, 3.05) is 23.9 Å². The number of carbonyl (C=O) groups excluding carboxylic acids is 1. The van der Waals surface area contributed by atoms with E-state index in [1.807, 2.05) is 12.1 Å². The predicted molar refractivity (Wildman–Crippen MR) is 76.2 cm³/mol. The van der Waals surface area contributed by atoms with Crippen LogP contribution in [0.25, 0.3) is 10.8 Å². The molecule has 0 N–H and O–H groups in total. The SMILES string of the molecule is CN1C(=O)N(C)c2c(Cl)ccc3ccc(Cl)c1c23. The molecule has 5 heteroatoms. The van der Waals surface area contributed by atoms with Gasteiger partial charge in [0, 0.05) is 19.5 Å². The van der Waals surface area contributed by atoms with Crippen LogP contribution in [-0.2, 0) is 0 Å². The zero-order valence-electron chi connectivity index (χ0n) is 9.87. The van der Waals surface area contributed by atoms with Crippen LogP contribution in [0.1, 0.15) is 0 Å². The van der Waals surface area contributed by atoms with Gasteiger partial charge in [0.1, 0.15) is 0 Å². The molecule has 1 aliphatic heterocycles. The van der Waals surface area contributed by atoms with Gasteiger partial charge in [0.2, 0.25) is 0 Å². The molecule has 0 saturated heterocycles. The molecule has 3 nitrogen and oxygen atoms in total. The summed E-state index contributed by atoms with van der Waals surface area (Å²) in [5.74, 6) is 0. The molecule has 2 amide bonds. The molecule has 1 aliphatic rings. The summed E-state index contributed by atoms with van der Waals surface area (Å²) >= 11 is 12.4. The van der Waals surface area contributed by atoms with Gasteiger partial charge in [-0.1, -0.05) is 35.3 Å². The van der Waals surface area contributed by atoms with Gasteiger partial charge >= 0.3 is 6.03 Å². The molecule has 0 spiro atoms. The molecule has 92 valence electrons. The summed E-state index contributed by atoms with van der Waals surface area (Å²) in [6, 6.07) is 7.31. The number of hydrogen-bond acceptors (Lipinski definition) is 1. The first-order valence-electron chi connectivity index (χ1n) is 5.44. The molecule has 2 aromatic rings. The Morgan fingerprint density at radius 2 is 1.33 bits per heavy atom. The van der Waals surface area contributed by atoms with Crippen LogP contribution in [0.4, 0.5) is 16.2 Å². The largest absolute Gasteiger partial charge is 0.328 e. The molecule has 0 atom stereocenters. The van der Waals surface area contributed by atoms with Gasteiger partial charge in [-0.05, 0) is 17.5 Å². The second kappa shape index (κ2) is 3.77. The van der Waals surface area contributed by atoms with E-state index in [-0.39, 0.29) is 6.03 Å². The quantitative estimate of drug-likeness (QED) is 0.711. The molecule has 0 radical (unpaired) electrons. The number of urea groups is 1.